The molecule has 0 aliphatic heterocycles. The Labute approximate surface area is 85.8 Å². The Balaban J connectivity index is 3.73. The fourth-order valence-corrected chi connectivity index (χ4v) is 1.04. The molecule has 0 fully saturated rings. The van der Waals surface area contributed by atoms with Gasteiger partial charge in [-0.3, -0.25) is 0 Å². The van der Waals surface area contributed by atoms with Gasteiger partial charge in [-0.25, -0.2) is 4.79 Å². The van der Waals surface area contributed by atoms with E-state index in [0.29, 0.717) is 13.0 Å². The van der Waals surface area contributed by atoms with Gasteiger partial charge in [0.2, 0.25) is 0 Å². The molecule has 0 radical (unpaired) electrons. The standard InChI is InChI=1S/C11H20O3/c1-4-5-6-10(11(12)13)14-8-7-9(2)3/h10H,2,4-8H2,1,3H3,(H,12,13). The molecule has 14 heavy (non-hydrogen) atoms. The minimum atomic E-state index is -0.861. The first-order valence-electron chi connectivity index (χ1n) is 5.06. The van der Waals surface area contributed by atoms with Gasteiger partial charge >= 0.3 is 5.97 Å². The second-order valence-electron chi connectivity index (χ2n) is 3.55. The van der Waals surface area contributed by atoms with Crippen LogP contribution < -0.4 is 0 Å². The van der Waals surface area contributed by atoms with Crippen LogP contribution in [0.4, 0.5) is 0 Å². The molecule has 1 N–H and O–H groups in total. The van der Waals surface area contributed by atoms with Crippen molar-refractivity contribution in [3.05, 3.63) is 12.2 Å². The third kappa shape index (κ3) is 6.66. The molecular formula is C11H20O3. The highest BCUT2D eigenvalue weighted by Gasteiger charge is 2.16. The number of hydrogen-bond donors (Lipinski definition) is 1. The number of carboxylic acid groups (broad SMARTS) is 1. The lowest BCUT2D eigenvalue weighted by Crippen LogP contribution is -2.24. The number of aliphatic carboxylic acids is 1. The van der Waals surface area contributed by atoms with E-state index in [4.69, 9.17) is 9.84 Å². The number of carboxylic acids is 1. The molecule has 0 aliphatic rings. The van der Waals surface area contributed by atoms with Crippen LogP contribution in [-0.2, 0) is 9.53 Å². The van der Waals surface area contributed by atoms with E-state index in [0.717, 1.165) is 24.8 Å². The first kappa shape index (κ1) is 13.2. The Morgan fingerprint density at radius 3 is 2.64 bits per heavy atom. The van der Waals surface area contributed by atoms with Crippen molar-refractivity contribution in [2.24, 2.45) is 0 Å². The van der Waals surface area contributed by atoms with E-state index in [1.807, 2.05) is 13.8 Å². The summed E-state index contributed by atoms with van der Waals surface area (Å²) in [6, 6.07) is 0. The normalized spacial score (nSPS) is 12.4. The number of unbranched alkanes of at least 4 members (excludes halogenated alkanes) is 1. The molecule has 0 aromatic carbocycles. The van der Waals surface area contributed by atoms with Crippen LogP contribution in [0.5, 0.6) is 0 Å². The minimum absolute atomic E-state index is 0.454. The Morgan fingerprint density at radius 1 is 1.57 bits per heavy atom. The Hall–Kier alpha value is -0.830. The monoisotopic (exact) mass is 200 g/mol. The van der Waals surface area contributed by atoms with Crippen LogP contribution >= 0.6 is 0 Å². The number of carbonyl (C=O) groups is 1. The van der Waals surface area contributed by atoms with Crippen LogP contribution in [0.1, 0.15) is 39.5 Å². The fourth-order valence-electron chi connectivity index (χ4n) is 1.04. The topological polar surface area (TPSA) is 46.5 Å². The SMILES string of the molecule is C=C(C)CCOC(CCCC)C(=O)O. The van der Waals surface area contributed by atoms with Crippen molar-refractivity contribution in [1.29, 1.82) is 0 Å². The van der Waals surface area contributed by atoms with Gasteiger partial charge in [0, 0.05) is 0 Å². The average Bonchev–Trinajstić information content (AvgIpc) is 2.09. The maximum atomic E-state index is 10.7. The number of ether oxygens (including phenoxy) is 1. The van der Waals surface area contributed by atoms with Crippen LogP contribution in [0.15, 0.2) is 12.2 Å². The summed E-state index contributed by atoms with van der Waals surface area (Å²) in [5.74, 6) is -0.861. The molecule has 0 aromatic heterocycles. The zero-order chi connectivity index (χ0) is 11.0. The van der Waals surface area contributed by atoms with Gasteiger partial charge in [0.1, 0.15) is 0 Å². The van der Waals surface area contributed by atoms with E-state index in [1.54, 1.807) is 0 Å². The molecule has 0 rings (SSSR count). The fraction of sp³-hybridized carbons (Fsp3) is 0.727. The smallest absolute Gasteiger partial charge is 0.332 e. The summed E-state index contributed by atoms with van der Waals surface area (Å²) in [7, 11) is 0. The first-order chi connectivity index (χ1) is 6.57. The Bertz CT molecular complexity index is 187. The van der Waals surface area contributed by atoms with Crippen molar-refractivity contribution in [3.63, 3.8) is 0 Å². The summed E-state index contributed by atoms with van der Waals surface area (Å²) >= 11 is 0. The molecule has 0 saturated heterocycles. The Kier molecular flexibility index (Phi) is 7.11. The molecule has 1 unspecified atom stereocenters. The zero-order valence-electron chi connectivity index (χ0n) is 9.08. The first-order valence-corrected chi connectivity index (χ1v) is 5.06. The third-order valence-electron chi connectivity index (χ3n) is 1.94. The molecule has 3 nitrogen and oxygen atoms in total. The van der Waals surface area contributed by atoms with Crippen molar-refractivity contribution >= 4 is 5.97 Å². The van der Waals surface area contributed by atoms with Gasteiger partial charge in [-0.1, -0.05) is 25.3 Å². The summed E-state index contributed by atoms with van der Waals surface area (Å²) in [6.07, 6.45) is 2.57. The summed E-state index contributed by atoms with van der Waals surface area (Å²) < 4.78 is 5.26. The molecule has 0 amide bonds. The van der Waals surface area contributed by atoms with E-state index in [2.05, 4.69) is 6.58 Å². The minimum Gasteiger partial charge on any atom is -0.479 e. The van der Waals surface area contributed by atoms with Crippen LogP contribution in [0.2, 0.25) is 0 Å². The molecule has 3 heteroatoms. The molecule has 0 aromatic rings. The van der Waals surface area contributed by atoms with E-state index >= 15 is 0 Å². The van der Waals surface area contributed by atoms with Crippen LogP contribution in [0.3, 0.4) is 0 Å². The van der Waals surface area contributed by atoms with Crippen LogP contribution in [0, 0.1) is 0 Å². The van der Waals surface area contributed by atoms with Gasteiger partial charge in [0.25, 0.3) is 0 Å². The zero-order valence-corrected chi connectivity index (χ0v) is 9.08. The maximum absolute atomic E-state index is 10.7. The van der Waals surface area contributed by atoms with Gasteiger partial charge in [-0.05, 0) is 19.8 Å². The van der Waals surface area contributed by atoms with Gasteiger partial charge in [0.15, 0.2) is 6.10 Å². The molecule has 0 heterocycles. The number of rotatable bonds is 8. The van der Waals surface area contributed by atoms with E-state index < -0.39 is 12.1 Å². The highest BCUT2D eigenvalue weighted by atomic mass is 16.5. The summed E-state index contributed by atoms with van der Waals surface area (Å²) in [5.41, 5.74) is 1.02. The van der Waals surface area contributed by atoms with Crippen LogP contribution in [-0.4, -0.2) is 23.8 Å². The molecule has 82 valence electrons. The van der Waals surface area contributed by atoms with Crippen molar-refractivity contribution in [3.8, 4) is 0 Å². The van der Waals surface area contributed by atoms with E-state index in [9.17, 15) is 4.79 Å². The van der Waals surface area contributed by atoms with Crippen molar-refractivity contribution in [1.82, 2.24) is 0 Å². The van der Waals surface area contributed by atoms with E-state index in [-0.39, 0.29) is 0 Å². The lowest BCUT2D eigenvalue weighted by atomic mass is 10.1. The highest BCUT2D eigenvalue weighted by molar-refractivity contribution is 5.72. The second-order valence-corrected chi connectivity index (χ2v) is 3.55. The predicted molar refractivity (Wildman–Crippen MR) is 56.3 cm³/mol. The molecule has 0 bridgehead atoms. The third-order valence-corrected chi connectivity index (χ3v) is 1.94. The quantitative estimate of drug-likeness (QED) is 0.613. The summed E-state index contributed by atoms with van der Waals surface area (Å²) in [5, 5.41) is 8.82. The lowest BCUT2D eigenvalue weighted by Gasteiger charge is -2.12. The van der Waals surface area contributed by atoms with Gasteiger partial charge in [-0.2, -0.15) is 0 Å². The van der Waals surface area contributed by atoms with Crippen molar-refractivity contribution in [2.75, 3.05) is 6.61 Å². The number of hydrogen-bond acceptors (Lipinski definition) is 2. The van der Waals surface area contributed by atoms with Gasteiger partial charge in [-0.15, -0.1) is 6.58 Å². The maximum Gasteiger partial charge on any atom is 0.332 e. The summed E-state index contributed by atoms with van der Waals surface area (Å²) in [6.45, 7) is 8.13. The van der Waals surface area contributed by atoms with Gasteiger partial charge < -0.3 is 9.84 Å². The predicted octanol–water partition coefficient (Wildman–Crippen LogP) is 2.61. The van der Waals surface area contributed by atoms with Crippen LogP contribution in [0.25, 0.3) is 0 Å². The van der Waals surface area contributed by atoms with Crippen molar-refractivity contribution in [2.45, 2.75) is 45.6 Å². The molecule has 0 spiro atoms. The van der Waals surface area contributed by atoms with E-state index in [1.165, 1.54) is 0 Å². The highest BCUT2D eigenvalue weighted by Crippen LogP contribution is 2.07. The van der Waals surface area contributed by atoms with Gasteiger partial charge in [0.05, 0.1) is 6.61 Å². The average molecular weight is 200 g/mol. The molecule has 0 saturated carbocycles. The molecular weight excluding hydrogens is 180 g/mol. The molecule has 0 aliphatic carbocycles. The lowest BCUT2D eigenvalue weighted by molar-refractivity contribution is -0.150. The molecule has 1 atom stereocenters. The second kappa shape index (κ2) is 7.56. The largest absolute Gasteiger partial charge is 0.479 e. The van der Waals surface area contributed by atoms with Crippen molar-refractivity contribution < 1.29 is 14.6 Å². The summed E-state index contributed by atoms with van der Waals surface area (Å²) in [4.78, 5) is 10.7. The Morgan fingerprint density at radius 2 is 2.21 bits per heavy atom.